The van der Waals surface area contributed by atoms with E-state index in [1.54, 1.807) is 11.3 Å². The van der Waals surface area contributed by atoms with Crippen molar-refractivity contribution in [2.24, 2.45) is 0 Å². The molecule has 2 aromatic heterocycles. The van der Waals surface area contributed by atoms with E-state index in [2.05, 4.69) is 46.1 Å². The van der Waals surface area contributed by atoms with Crippen molar-refractivity contribution in [3.63, 3.8) is 0 Å². The van der Waals surface area contributed by atoms with Gasteiger partial charge in [0.1, 0.15) is 10.7 Å². The Hall–Kier alpha value is -2.02. The Kier molecular flexibility index (Phi) is 4.89. The van der Waals surface area contributed by atoms with Gasteiger partial charge in [0.2, 0.25) is 0 Å². The first-order valence-corrected chi connectivity index (χ1v) is 10.0. The van der Waals surface area contributed by atoms with Crippen LogP contribution < -0.4 is 5.56 Å². The van der Waals surface area contributed by atoms with Crippen molar-refractivity contribution in [2.45, 2.75) is 20.4 Å². The highest BCUT2D eigenvalue weighted by molar-refractivity contribution is 7.17. The molecule has 1 aromatic carbocycles. The molecule has 5 nitrogen and oxygen atoms in total. The second-order valence-corrected chi connectivity index (χ2v) is 7.73. The molecule has 1 N–H and O–H groups in total. The lowest BCUT2D eigenvalue weighted by Gasteiger charge is -2.33. The minimum Gasteiger partial charge on any atom is -0.309 e. The smallest absolute Gasteiger partial charge is 0.260 e. The van der Waals surface area contributed by atoms with E-state index in [9.17, 15) is 4.79 Å². The van der Waals surface area contributed by atoms with Crippen molar-refractivity contribution in [3.05, 3.63) is 51.4 Å². The average molecular weight is 369 g/mol. The lowest BCUT2D eigenvalue weighted by atomic mass is 10.0. The molecule has 1 aliphatic heterocycles. The second-order valence-electron chi connectivity index (χ2n) is 6.87. The van der Waals surface area contributed by atoms with Crippen LogP contribution in [0.25, 0.3) is 21.3 Å². The number of hydrogen-bond donors (Lipinski definition) is 1. The first kappa shape index (κ1) is 17.4. The number of nitrogens with one attached hydrogen (secondary N) is 1. The summed E-state index contributed by atoms with van der Waals surface area (Å²) in [5, 5.41) is 2.77. The highest BCUT2D eigenvalue weighted by atomic mass is 32.1. The Balaban J connectivity index is 1.63. The van der Waals surface area contributed by atoms with Crippen molar-refractivity contribution in [3.8, 4) is 11.1 Å². The fourth-order valence-electron chi connectivity index (χ4n) is 3.62. The van der Waals surface area contributed by atoms with E-state index in [-0.39, 0.29) is 5.56 Å². The monoisotopic (exact) mass is 368 g/mol. The molecule has 3 heterocycles. The molecule has 0 saturated carbocycles. The molecule has 136 valence electrons. The molecule has 1 saturated heterocycles. The number of rotatable bonds is 4. The van der Waals surface area contributed by atoms with E-state index in [4.69, 9.17) is 4.98 Å². The maximum Gasteiger partial charge on any atom is 0.260 e. The number of fused-ring (bicyclic) bond motifs is 1. The van der Waals surface area contributed by atoms with Crippen molar-refractivity contribution in [1.29, 1.82) is 0 Å². The van der Waals surface area contributed by atoms with Gasteiger partial charge in [0.15, 0.2) is 0 Å². The number of thiophene rings is 1. The largest absolute Gasteiger partial charge is 0.309 e. The minimum atomic E-state index is -0.0308. The van der Waals surface area contributed by atoms with Crippen LogP contribution in [0, 0.1) is 6.92 Å². The SMILES string of the molecule is CCN1CCN(Cc2nc3scc(-c4ccccc4C)c3c(=O)[nH]2)CC1. The molecule has 0 bridgehead atoms. The van der Waals surface area contributed by atoms with Gasteiger partial charge in [-0.05, 0) is 24.6 Å². The summed E-state index contributed by atoms with van der Waals surface area (Å²) in [6, 6.07) is 8.17. The first-order chi connectivity index (χ1) is 12.7. The number of likely N-dealkylation sites (N-methyl/N-ethyl adjacent to an activating group) is 1. The van der Waals surface area contributed by atoms with E-state index in [0.29, 0.717) is 11.9 Å². The summed E-state index contributed by atoms with van der Waals surface area (Å²) < 4.78 is 0. The number of piperazine rings is 1. The van der Waals surface area contributed by atoms with Gasteiger partial charge in [0.25, 0.3) is 5.56 Å². The fraction of sp³-hybridized carbons (Fsp3) is 0.400. The van der Waals surface area contributed by atoms with E-state index in [1.807, 2.05) is 12.1 Å². The van der Waals surface area contributed by atoms with Crippen molar-refractivity contribution in [2.75, 3.05) is 32.7 Å². The molecule has 0 spiro atoms. The summed E-state index contributed by atoms with van der Waals surface area (Å²) in [6.07, 6.45) is 0. The summed E-state index contributed by atoms with van der Waals surface area (Å²) >= 11 is 1.55. The summed E-state index contributed by atoms with van der Waals surface area (Å²) in [6.45, 7) is 10.3. The highest BCUT2D eigenvalue weighted by Gasteiger charge is 2.18. The zero-order valence-corrected chi connectivity index (χ0v) is 16.1. The Morgan fingerprint density at radius 1 is 1.12 bits per heavy atom. The van der Waals surface area contributed by atoms with E-state index < -0.39 is 0 Å². The van der Waals surface area contributed by atoms with Gasteiger partial charge in [-0.15, -0.1) is 11.3 Å². The van der Waals surface area contributed by atoms with Crippen molar-refractivity contribution < 1.29 is 0 Å². The Morgan fingerprint density at radius 2 is 1.85 bits per heavy atom. The first-order valence-electron chi connectivity index (χ1n) is 9.17. The van der Waals surface area contributed by atoms with Gasteiger partial charge in [0, 0.05) is 37.1 Å². The van der Waals surface area contributed by atoms with Gasteiger partial charge in [0.05, 0.1) is 11.9 Å². The zero-order chi connectivity index (χ0) is 18.1. The lowest BCUT2D eigenvalue weighted by Crippen LogP contribution is -2.45. The molecular weight excluding hydrogens is 344 g/mol. The zero-order valence-electron chi connectivity index (χ0n) is 15.3. The maximum atomic E-state index is 12.8. The predicted octanol–water partition coefficient (Wildman–Crippen LogP) is 3.10. The van der Waals surface area contributed by atoms with Crippen LogP contribution in [-0.2, 0) is 6.54 Å². The molecule has 0 radical (unpaired) electrons. The molecule has 6 heteroatoms. The summed E-state index contributed by atoms with van der Waals surface area (Å²) in [5.74, 6) is 0.769. The topological polar surface area (TPSA) is 52.2 Å². The van der Waals surface area contributed by atoms with Crippen LogP contribution in [0.1, 0.15) is 18.3 Å². The number of aryl methyl sites for hydroxylation is 1. The third-order valence-corrected chi connectivity index (χ3v) is 6.09. The molecule has 0 amide bonds. The molecule has 1 aliphatic rings. The average Bonchev–Trinajstić information content (AvgIpc) is 3.07. The number of benzene rings is 1. The minimum absolute atomic E-state index is 0.0308. The third kappa shape index (κ3) is 3.32. The van der Waals surface area contributed by atoms with Crippen LogP contribution in [0.4, 0.5) is 0 Å². The lowest BCUT2D eigenvalue weighted by molar-refractivity contribution is 0.129. The van der Waals surface area contributed by atoms with Gasteiger partial charge in [-0.2, -0.15) is 0 Å². The number of nitrogens with zero attached hydrogens (tertiary/aromatic N) is 3. The van der Waals surface area contributed by atoms with Gasteiger partial charge < -0.3 is 9.88 Å². The quantitative estimate of drug-likeness (QED) is 0.769. The van der Waals surface area contributed by atoms with E-state index in [1.165, 1.54) is 5.56 Å². The molecule has 0 aliphatic carbocycles. The molecule has 4 rings (SSSR count). The number of aromatic amines is 1. The maximum absolute atomic E-state index is 12.8. The molecular formula is C20H24N4OS. The van der Waals surface area contributed by atoms with Crippen LogP contribution >= 0.6 is 11.3 Å². The Morgan fingerprint density at radius 3 is 2.58 bits per heavy atom. The number of hydrogen-bond acceptors (Lipinski definition) is 5. The number of aromatic nitrogens is 2. The standard InChI is InChI=1S/C20H24N4OS/c1-3-23-8-10-24(11-9-23)12-17-21-19(25)18-16(13-26-20(18)22-17)15-7-5-4-6-14(15)2/h4-7,13H,3,8-12H2,1-2H3,(H,21,22,25). The summed E-state index contributed by atoms with van der Waals surface area (Å²) in [4.78, 5) is 26.2. The van der Waals surface area contributed by atoms with Gasteiger partial charge >= 0.3 is 0 Å². The summed E-state index contributed by atoms with van der Waals surface area (Å²) in [7, 11) is 0. The van der Waals surface area contributed by atoms with Crippen LogP contribution in [0.15, 0.2) is 34.4 Å². The Bertz CT molecular complexity index is 969. The molecule has 0 unspecified atom stereocenters. The molecule has 0 atom stereocenters. The normalized spacial score (nSPS) is 16.4. The Labute approximate surface area is 157 Å². The van der Waals surface area contributed by atoms with Crippen LogP contribution in [-0.4, -0.2) is 52.5 Å². The van der Waals surface area contributed by atoms with Gasteiger partial charge in [-0.3, -0.25) is 9.69 Å². The fourth-order valence-corrected chi connectivity index (χ4v) is 4.57. The predicted molar refractivity (Wildman–Crippen MR) is 108 cm³/mol. The van der Waals surface area contributed by atoms with Crippen LogP contribution in [0.5, 0.6) is 0 Å². The van der Waals surface area contributed by atoms with Crippen molar-refractivity contribution in [1.82, 2.24) is 19.8 Å². The van der Waals surface area contributed by atoms with Gasteiger partial charge in [-0.1, -0.05) is 31.2 Å². The third-order valence-electron chi connectivity index (χ3n) is 5.21. The number of H-pyrrole nitrogens is 1. The van der Waals surface area contributed by atoms with Crippen LogP contribution in [0.2, 0.25) is 0 Å². The molecule has 1 fully saturated rings. The second kappa shape index (κ2) is 7.31. The van der Waals surface area contributed by atoms with Gasteiger partial charge in [-0.25, -0.2) is 4.98 Å². The van der Waals surface area contributed by atoms with Crippen LogP contribution in [0.3, 0.4) is 0 Å². The molecule has 3 aromatic rings. The van der Waals surface area contributed by atoms with Crippen molar-refractivity contribution >= 4 is 21.6 Å². The van der Waals surface area contributed by atoms with E-state index in [0.717, 1.165) is 54.5 Å². The van der Waals surface area contributed by atoms with E-state index >= 15 is 0 Å². The summed E-state index contributed by atoms with van der Waals surface area (Å²) in [5.41, 5.74) is 3.23. The molecule has 26 heavy (non-hydrogen) atoms. The highest BCUT2D eigenvalue weighted by Crippen LogP contribution is 2.32.